The van der Waals surface area contributed by atoms with Gasteiger partial charge in [0.25, 0.3) is 0 Å². The smallest absolute Gasteiger partial charge is 1.00 e. The fraction of sp³-hybridized carbons (Fsp3) is 0.167. The predicted octanol–water partition coefficient (Wildman–Crippen LogP) is -0.203. The van der Waals surface area contributed by atoms with Crippen LogP contribution in [0.15, 0.2) is 48.5 Å². The summed E-state index contributed by atoms with van der Waals surface area (Å²) < 4.78 is 0. The zero-order valence-corrected chi connectivity index (χ0v) is 16.2. The molecule has 0 aliphatic rings. The first-order chi connectivity index (χ1) is 11.5. The Hall–Kier alpha value is -2.15. The summed E-state index contributed by atoms with van der Waals surface area (Å²) in [4.78, 5) is 34.7. The molecule has 0 spiro atoms. The standard InChI is InChI=1S/C18H18N2O4.Na.H/c1-12(21)13-6-2-4-8-15(13)19-10-17(22)14-7-3-5-9-16(14)20-11-18(23)24;;/h2-9,19-20H,10-11H2,1H3,(H,23,24);;/q;+1;-1. The maximum Gasteiger partial charge on any atom is 1.00 e. The number of nitrogens with one attached hydrogen (secondary N) is 2. The Balaban J connectivity index is 0.00000312. The third-order valence-corrected chi connectivity index (χ3v) is 3.40. The molecule has 3 N–H and O–H groups in total. The minimum absolute atomic E-state index is 0. The zero-order valence-electron chi connectivity index (χ0n) is 15.2. The van der Waals surface area contributed by atoms with Gasteiger partial charge in [-0.05, 0) is 31.2 Å². The molecule has 0 aromatic heterocycles. The summed E-state index contributed by atoms with van der Waals surface area (Å²) in [6.45, 7) is 1.19. The number of benzene rings is 2. The monoisotopic (exact) mass is 350 g/mol. The molecule has 0 amide bonds. The van der Waals surface area contributed by atoms with Gasteiger partial charge in [0.2, 0.25) is 0 Å². The van der Waals surface area contributed by atoms with Gasteiger partial charge in [0.05, 0.1) is 6.54 Å². The Bertz CT molecular complexity index is 783. The van der Waals surface area contributed by atoms with Gasteiger partial charge in [-0.3, -0.25) is 14.4 Å². The second kappa shape index (κ2) is 9.98. The molecule has 0 saturated heterocycles. The Morgan fingerprint density at radius 1 is 0.880 bits per heavy atom. The van der Waals surface area contributed by atoms with Gasteiger partial charge in [-0.15, -0.1) is 0 Å². The third-order valence-electron chi connectivity index (χ3n) is 3.40. The van der Waals surface area contributed by atoms with E-state index >= 15 is 0 Å². The summed E-state index contributed by atoms with van der Waals surface area (Å²) in [5, 5.41) is 14.4. The van der Waals surface area contributed by atoms with Crippen LogP contribution in [0.2, 0.25) is 0 Å². The summed E-state index contributed by atoms with van der Waals surface area (Å²) in [5.74, 6) is -1.30. The average molecular weight is 350 g/mol. The molecule has 0 fully saturated rings. The van der Waals surface area contributed by atoms with E-state index in [9.17, 15) is 14.4 Å². The van der Waals surface area contributed by atoms with E-state index in [1.54, 1.807) is 48.5 Å². The molecule has 0 aliphatic carbocycles. The van der Waals surface area contributed by atoms with E-state index in [4.69, 9.17) is 5.11 Å². The minimum atomic E-state index is -1.01. The fourth-order valence-corrected chi connectivity index (χ4v) is 2.27. The van der Waals surface area contributed by atoms with E-state index < -0.39 is 5.97 Å². The van der Waals surface area contributed by atoms with Gasteiger partial charge < -0.3 is 17.2 Å². The van der Waals surface area contributed by atoms with E-state index in [0.29, 0.717) is 22.5 Å². The number of carboxylic acid groups (broad SMARTS) is 1. The van der Waals surface area contributed by atoms with Gasteiger partial charge in [0, 0.05) is 22.5 Å². The number of ketones is 2. The van der Waals surface area contributed by atoms with Crippen LogP contribution in [-0.4, -0.2) is 35.7 Å². The predicted molar refractivity (Wildman–Crippen MR) is 92.9 cm³/mol. The van der Waals surface area contributed by atoms with Crippen LogP contribution in [0, 0.1) is 0 Å². The van der Waals surface area contributed by atoms with Gasteiger partial charge >= 0.3 is 35.5 Å². The van der Waals surface area contributed by atoms with Crippen molar-refractivity contribution in [3.8, 4) is 0 Å². The van der Waals surface area contributed by atoms with Crippen molar-refractivity contribution in [3.63, 3.8) is 0 Å². The Morgan fingerprint density at radius 2 is 1.36 bits per heavy atom. The van der Waals surface area contributed by atoms with Crippen molar-refractivity contribution in [1.29, 1.82) is 0 Å². The van der Waals surface area contributed by atoms with Crippen LogP contribution in [0.25, 0.3) is 0 Å². The van der Waals surface area contributed by atoms with Crippen molar-refractivity contribution in [2.45, 2.75) is 6.92 Å². The van der Waals surface area contributed by atoms with E-state index in [0.717, 1.165) is 0 Å². The summed E-state index contributed by atoms with van der Waals surface area (Å²) in [6, 6.07) is 13.7. The average Bonchev–Trinajstić information content (AvgIpc) is 2.58. The van der Waals surface area contributed by atoms with E-state index in [2.05, 4.69) is 10.6 Å². The van der Waals surface area contributed by atoms with Gasteiger partial charge in [0.15, 0.2) is 11.6 Å². The van der Waals surface area contributed by atoms with Crippen LogP contribution in [0.1, 0.15) is 29.1 Å². The first-order valence-corrected chi connectivity index (χ1v) is 7.40. The molecule has 6 nitrogen and oxygen atoms in total. The first-order valence-electron chi connectivity index (χ1n) is 7.40. The van der Waals surface area contributed by atoms with Crippen LogP contribution < -0.4 is 40.2 Å². The van der Waals surface area contributed by atoms with Crippen LogP contribution in [0.4, 0.5) is 11.4 Å². The molecule has 0 atom stereocenters. The number of carbonyl (C=O) groups is 3. The van der Waals surface area contributed by atoms with Gasteiger partial charge in [-0.25, -0.2) is 0 Å². The first kappa shape index (κ1) is 20.9. The molecule has 2 aromatic carbocycles. The molecule has 0 bridgehead atoms. The maximum atomic E-state index is 12.4. The minimum Gasteiger partial charge on any atom is -1.00 e. The number of para-hydroxylation sites is 2. The van der Waals surface area contributed by atoms with Crippen molar-refractivity contribution in [2.75, 3.05) is 23.7 Å². The number of Topliss-reactive ketones (excluding diaryl/α,β-unsaturated/α-hetero) is 2. The van der Waals surface area contributed by atoms with Crippen molar-refractivity contribution in [2.24, 2.45) is 0 Å². The molecule has 0 heterocycles. The molecular formula is C18H19N2NaO4. The number of carboxylic acids is 1. The van der Waals surface area contributed by atoms with Gasteiger partial charge in [-0.1, -0.05) is 24.3 Å². The second-order valence-electron chi connectivity index (χ2n) is 5.17. The number of aliphatic carboxylic acids is 1. The Labute approximate surface area is 169 Å². The van der Waals surface area contributed by atoms with Crippen LogP contribution in [0.3, 0.4) is 0 Å². The third kappa shape index (κ3) is 6.01. The molecule has 2 aromatic rings. The quantitative estimate of drug-likeness (QED) is 0.451. The number of anilines is 2. The number of hydrogen-bond acceptors (Lipinski definition) is 5. The molecule has 0 radical (unpaired) electrons. The summed E-state index contributed by atoms with van der Waals surface area (Å²) >= 11 is 0. The van der Waals surface area contributed by atoms with Crippen LogP contribution in [-0.2, 0) is 4.79 Å². The molecule has 0 saturated carbocycles. The fourth-order valence-electron chi connectivity index (χ4n) is 2.27. The Kier molecular flexibility index (Phi) is 8.34. The molecule has 126 valence electrons. The molecule has 0 unspecified atom stereocenters. The van der Waals surface area contributed by atoms with Crippen molar-refractivity contribution >= 4 is 28.9 Å². The van der Waals surface area contributed by atoms with Crippen LogP contribution in [0.5, 0.6) is 0 Å². The van der Waals surface area contributed by atoms with Crippen molar-refractivity contribution in [1.82, 2.24) is 0 Å². The second-order valence-corrected chi connectivity index (χ2v) is 5.17. The SMILES string of the molecule is CC(=O)c1ccccc1NCC(=O)c1ccccc1NCC(=O)O.[H-].[Na+]. The number of rotatable bonds is 8. The maximum absolute atomic E-state index is 12.4. The number of carbonyl (C=O) groups excluding carboxylic acids is 2. The molecule has 25 heavy (non-hydrogen) atoms. The zero-order chi connectivity index (χ0) is 17.5. The largest absolute Gasteiger partial charge is 1.00 e. The summed E-state index contributed by atoms with van der Waals surface area (Å²) in [7, 11) is 0. The van der Waals surface area contributed by atoms with Crippen molar-refractivity contribution < 1.29 is 50.5 Å². The summed E-state index contributed by atoms with van der Waals surface area (Å²) in [6.07, 6.45) is 0. The molecule has 7 heteroatoms. The molecular weight excluding hydrogens is 331 g/mol. The summed E-state index contributed by atoms with van der Waals surface area (Å²) in [5.41, 5.74) is 1.97. The van der Waals surface area contributed by atoms with E-state index in [-0.39, 0.29) is 55.6 Å². The van der Waals surface area contributed by atoms with Crippen molar-refractivity contribution in [3.05, 3.63) is 59.7 Å². The Morgan fingerprint density at radius 3 is 1.92 bits per heavy atom. The van der Waals surface area contributed by atoms with Gasteiger partial charge in [0.1, 0.15) is 6.54 Å². The topological polar surface area (TPSA) is 95.5 Å². The van der Waals surface area contributed by atoms with E-state index in [1.165, 1.54) is 6.92 Å². The van der Waals surface area contributed by atoms with Crippen LogP contribution >= 0.6 is 0 Å². The van der Waals surface area contributed by atoms with E-state index in [1.807, 2.05) is 0 Å². The molecule has 0 aliphatic heterocycles. The number of hydrogen-bond donors (Lipinski definition) is 3. The van der Waals surface area contributed by atoms with Gasteiger partial charge in [-0.2, -0.15) is 0 Å². The normalized spacial score (nSPS) is 9.64. The molecule has 2 rings (SSSR count).